The van der Waals surface area contributed by atoms with Crippen LogP contribution in [-0.2, 0) is 21.7 Å². The Morgan fingerprint density at radius 2 is 0.355 bits per heavy atom. The van der Waals surface area contributed by atoms with Crippen molar-refractivity contribution in [2.45, 2.75) is 0 Å². The van der Waals surface area contributed by atoms with Gasteiger partial charge < -0.3 is 61.3 Å². The Morgan fingerprint density at radius 1 is 0.258 bits per heavy atom. The van der Waals surface area contributed by atoms with Gasteiger partial charge in [-0.05, 0) is 36.4 Å². The van der Waals surface area contributed by atoms with Crippen molar-refractivity contribution >= 4 is 84.7 Å². The molecule has 0 unspecified atom stereocenters. The Labute approximate surface area is 406 Å². The van der Waals surface area contributed by atoms with Crippen LogP contribution >= 0.6 is 0 Å². The normalized spacial score (nSPS) is 8.90. The number of carboxylic acid groups (broad SMARTS) is 6. The first kappa shape index (κ1) is 57.3. The Hall–Kier alpha value is -6.77. The fraction of sp³-hybridized carbons (Fsp3) is 0. The average molecular weight is 1010 g/mol. The Bertz CT molecular complexity index is 1970. The molecule has 0 saturated heterocycles. The molecule has 0 atom stereocenters. The summed E-state index contributed by atoms with van der Waals surface area (Å²) in [4.78, 5) is 61.3. The number of carboxylic acids is 6. The largest absolute Gasteiger partial charge is 4.00 e. The molecule has 6 aromatic carbocycles. The third kappa shape index (κ3) is 21.0. The molecule has 18 nitrogen and oxygen atoms in total. The molecule has 62 heavy (non-hydrogen) atoms. The minimum atomic E-state index is -1.18. The molecule has 6 aromatic rings. The van der Waals surface area contributed by atoms with Crippen molar-refractivity contribution in [3.8, 4) is 34.5 Å². The van der Waals surface area contributed by atoms with Crippen molar-refractivity contribution in [1.82, 2.24) is 0 Å². The predicted octanol–water partition coefficient (Wildman–Crippen LogP) is 2.37. The molecule has 0 fully saturated rings. The number of carbonyl (C=O) groups is 6. The van der Waals surface area contributed by atoms with E-state index in [2.05, 4.69) is 0 Å². The summed E-state index contributed by atoms with van der Waals surface area (Å²) in [5.41, 5.74) is -1.07. The quantitative estimate of drug-likeness (QED) is 0.130. The molecular weight excluding hydrogens is 978 g/mol. The van der Waals surface area contributed by atoms with E-state index in [9.17, 15) is 59.4 Å². The van der Waals surface area contributed by atoms with Crippen LogP contribution in [0, 0.1) is 0 Å². The first-order valence-electron chi connectivity index (χ1n) is 16.3. The average Bonchev–Trinajstić information content (AvgIpc) is 3.19. The van der Waals surface area contributed by atoms with Crippen LogP contribution < -0.4 is 30.6 Å². The zero-order valence-corrected chi connectivity index (χ0v) is 37.6. The number of para-hydroxylation sites is 6. The Kier molecular flexibility index (Phi) is 28.0. The van der Waals surface area contributed by atoms with E-state index >= 15 is 0 Å². The molecule has 6 rings (SSSR count). The van der Waals surface area contributed by atoms with Crippen LogP contribution in [0.1, 0.15) is 62.1 Å². The molecule has 0 aliphatic heterocycles. The molecule has 0 aromatic heterocycles. The van der Waals surface area contributed by atoms with Crippen LogP contribution in [0.15, 0.2) is 146 Å². The number of hydrogen-bond donors (Lipinski definition) is 6. The van der Waals surface area contributed by atoms with E-state index in [1.165, 1.54) is 146 Å². The molecule has 0 saturated carbocycles. The SMILES string of the molecule is O=C(O)c1ccccc1[O-].O=C(O)c1ccccc1[O-].O=C(O)c1ccccc1[O-].O=C(O)c1ccccc1[O-].O=C(O)c1ccccc1[O-].O=C(O)c1ccccc1[O-].[Ba+2].[Ti+4]. The molecule has 0 spiro atoms. The summed E-state index contributed by atoms with van der Waals surface area (Å²) in [5.74, 6) is -9.75. The molecular formula is C42H30BaO18Ti. The van der Waals surface area contributed by atoms with Crippen LogP contribution in [0.25, 0.3) is 0 Å². The first-order valence-corrected chi connectivity index (χ1v) is 16.3. The maximum atomic E-state index is 10.7. The summed E-state index contributed by atoms with van der Waals surface area (Å²) >= 11 is 0. The maximum Gasteiger partial charge on any atom is 4.00 e. The fourth-order valence-corrected chi connectivity index (χ4v) is 3.86. The second-order valence-corrected chi connectivity index (χ2v) is 10.8. The molecule has 0 radical (unpaired) electrons. The first-order chi connectivity index (χ1) is 28.3. The van der Waals surface area contributed by atoms with Crippen LogP contribution in [0.5, 0.6) is 34.5 Å². The van der Waals surface area contributed by atoms with Gasteiger partial charge >= 0.3 is 106 Å². The molecule has 0 aliphatic carbocycles. The van der Waals surface area contributed by atoms with Crippen molar-refractivity contribution in [2.75, 3.05) is 0 Å². The van der Waals surface area contributed by atoms with Gasteiger partial charge in [-0.25, -0.2) is 28.8 Å². The molecule has 20 heteroatoms. The van der Waals surface area contributed by atoms with Crippen molar-refractivity contribution in [3.63, 3.8) is 0 Å². The van der Waals surface area contributed by atoms with Crippen LogP contribution in [0.3, 0.4) is 0 Å². The van der Waals surface area contributed by atoms with Gasteiger partial charge in [-0.2, -0.15) is 0 Å². The van der Waals surface area contributed by atoms with Gasteiger partial charge in [-0.1, -0.05) is 144 Å². The van der Waals surface area contributed by atoms with E-state index in [0.717, 1.165) is 0 Å². The molecule has 312 valence electrons. The zero-order valence-electron chi connectivity index (χ0n) is 31.6. The van der Waals surface area contributed by atoms with E-state index in [-0.39, 0.29) is 104 Å². The van der Waals surface area contributed by atoms with E-state index in [4.69, 9.17) is 30.6 Å². The van der Waals surface area contributed by atoms with E-state index < -0.39 is 70.3 Å². The van der Waals surface area contributed by atoms with Crippen molar-refractivity contribution < 1.29 is 112 Å². The number of hydrogen-bond acceptors (Lipinski definition) is 12. The summed E-state index contributed by atoms with van der Waals surface area (Å²) in [5, 5.41) is 114. The molecule has 0 bridgehead atoms. The second-order valence-electron chi connectivity index (χ2n) is 10.8. The van der Waals surface area contributed by atoms with Gasteiger partial charge in [0.1, 0.15) is 0 Å². The van der Waals surface area contributed by atoms with E-state index in [1.54, 1.807) is 0 Å². The van der Waals surface area contributed by atoms with E-state index in [0.29, 0.717) is 0 Å². The number of rotatable bonds is 6. The third-order valence-corrected chi connectivity index (χ3v) is 6.70. The summed E-state index contributed by atoms with van der Waals surface area (Å²) in [6.45, 7) is 0. The van der Waals surface area contributed by atoms with Gasteiger partial charge in [0.05, 0.1) is 33.4 Å². The van der Waals surface area contributed by atoms with Crippen molar-refractivity contribution in [2.24, 2.45) is 0 Å². The number of aromatic carboxylic acids is 6. The maximum absolute atomic E-state index is 10.7. The van der Waals surface area contributed by atoms with Crippen LogP contribution in [-0.4, -0.2) is 115 Å². The molecule has 0 heterocycles. The molecule has 0 amide bonds. The van der Waals surface area contributed by atoms with Gasteiger partial charge in [0.15, 0.2) is 0 Å². The predicted molar refractivity (Wildman–Crippen MR) is 203 cm³/mol. The minimum Gasteiger partial charge on any atom is -0.872 e. The monoisotopic (exact) mass is 1010 g/mol. The summed E-state index contributed by atoms with van der Waals surface area (Å²) in [7, 11) is 0. The van der Waals surface area contributed by atoms with Gasteiger partial charge in [-0.3, -0.25) is 0 Å². The van der Waals surface area contributed by atoms with Gasteiger partial charge in [0, 0.05) is 0 Å². The van der Waals surface area contributed by atoms with Gasteiger partial charge in [0.25, 0.3) is 0 Å². The van der Waals surface area contributed by atoms with Crippen molar-refractivity contribution in [3.05, 3.63) is 179 Å². The van der Waals surface area contributed by atoms with Crippen molar-refractivity contribution in [1.29, 1.82) is 0 Å². The summed E-state index contributed by atoms with van der Waals surface area (Å²) < 4.78 is 0. The van der Waals surface area contributed by atoms with Gasteiger partial charge in [0.2, 0.25) is 0 Å². The minimum absolute atomic E-state index is 0. The molecule has 6 N–H and O–H groups in total. The number of benzene rings is 6. The summed E-state index contributed by atoms with van der Waals surface area (Å²) in [6.07, 6.45) is 0. The van der Waals surface area contributed by atoms with Crippen LogP contribution in [0.2, 0.25) is 0 Å². The zero-order chi connectivity index (χ0) is 45.4. The standard InChI is InChI=1S/6C7H6O3.Ba.Ti/c6*8-6-4-2-1-3-5(6)7(9)10;;/h6*1-4,8H,(H,9,10);;/q;;;;;;+2;+4/p-6. The third-order valence-electron chi connectivity index (χ3n) is 6.70. The smallest absolute Gasteiger partial charge is 0.872 e. The topological polar surface area (TPSA) is 362 Å². The van der Waals surface area contributed by atoms with Gasteiger partial charge in [-0.15, -0.1) is 0 Å². The second kappa shape index (κ2) is 30.3. The van der Waals surface area contributed by atoms with E-state index in [1.807, 2.05) is 0 Å². The Morgan fingerprint density at radius 3 is 0.419 bits per heavy atom. The van der Waals surface area contributed by atoms with Crippen LogP contribution in [0.4, 0.5) is 0 Å². The Balaban J connectivity index is 0. The fourth-order valence-electron chi connectivity index (χ4n) is 3.86. The summed E-state index contributed by atoms with van der Waals surface area (Å²) in [6, 6.07) is 33.2. The molecule has 0 aliphatic rings.